The number of rotatable bonds is 2. The van der Waals surface area contributed by atoms with Crippen LogP contribution in [0.2, 0.25) is 0 Å². The van der Waals surface area contributed by atoms with Crippen LogP contribution < -0.4 is 5.73 Å². The quantitative estimate of drug-likeness (QED) is 0.207. The highest BCUT2D eigenvalue weighted by Gasteiger charge is 2.68. The van der Waals surface area contributed by atoms with Gasteiger partial charge < -0.3 is 15.4 Å². The predicted octanol–water partition coefficient (Wildman–Crippen LogP) is 8.31. The van der Waals surface area contributed by atoms with Gasteiger partial charge in [0, 0.05) is 24.5 Å². The lowest BCUT2D eigenvalue weighted by atomic mass is 9.33. The van der Waals surface area contributed by atoms with E-state index >= 15 is 0 Å². The number of likely N-dealkylation sites (tertiary alicyclic amines) is 1. The third-order valence-corrected chi connectivity index (χ3v) is 16.0. The Balaban J connectivity index is 1.28. The molecule has 0 spiro atoms. The van der Waals surface area contributed by atoms with Crippen LogP contribution in [0, 0.1) is 50.2 Å². The van der Waals surface area contributed by atoms with E-state index in [0.717, 1.165) is 43.9 Å². The van der Waals surface area contributed by atoms with E-state index in [1.807, 2.05) is 11.1 Å². The first-order valence-electron chi connectivity index (χ1n) is 17.1. The van der Waals surface area contributed by atoms with Crippen molar-refractivity contribution in [1.29, 1.82) is 0 Å². The summed E-state index contributed by atoms with van der Waals surface area (Å²) >= 11 is 6.51. The molecule has 40 heavy (non-hydrogen) atoms. The Labute approximate surface area is 250 Å². The molecule has 0 aromatic carbocycles. The van der Waals surface area contributed by atoms with Crippen molar-refractivity contribution in [3.8, 4) is 0 Å². The molecule has 2 N–H and O–H groups in total. The summed E-state index contributed by atoms with van der Waals surface area (Å²) < 4.78 is 5.92. The first kappa shape index (κ1) is 28.3. The smallest absolute Gasteiger partial charge is 0.0883 e. The first-order valence-corrected chi connectivity index (χ1v) is 17.5. The van der Waals surface area contributed by atoms with Gasteiger partial charge in [0.15, 0.2) is 0 Å². The standard InChI is InChI=1S/C36H58N2OS/c1-31(2)15-17-36(30(40)38-19-12-23(37)21-38)18-16-34(6)24(26(36)20-31)8-9-29-33(5)13-10-25(27-22-39-27)32(3,4)28(33)11-14-35(29,34)7/h23,25,27-29H,8-22,37H2,1-7H3/t23-,25-,27?,28+,29-,33+,34-,35-,36+/m1/s1. The molecule has 224 valence electrons. The summed E-state index contributed by atoms with van der Waals surface area (Å²) in [5, 5.41) is 0. The second-order valence-corrected chi connectivity index (χ2v) is 18.3. The largest absolute Gasteiger partial charge is 0.373 e. The van der Waals surface area contributed by atoms with E-state index in [0.29, 0.717) is 33.2 Å². The van der Waals surface area contributed by atoms with Gasteiger partial charge in [0.25, 0.3) is 0 Å². The molecule has 2 aliphatic heterocycles. The third kappa shape index (κ3) is 3.69. The van der Waals surface area contributed by atoms with Gasteiger partial charge in [0.2, 0.25) is 0 Å². The zero-order chi connectivity index (χ0) is 28.5. The fourth-order valence-corrected chi connectivity index (χ4v) is 13.4. The summed E-state index contributed by atoms with van der Waals surface area (Å²) in [5.41, 5.74) is 12.1. The minimum Gasteiger partial charge on any atom is -0.373 e. The topological polar surface area (TPSA) is 41.8 Å². The van der Waals surface area contributed by atoms with Crippen molar-refractivity contribution >= 4 is 17.2 Å². The van der Waals surface area contributed by atoms with Gasteiger partial charge in [0.05, 0.1) is 17.7 Å². The molecule has 6 fully saturated rings. The Bertz CT molecular complexity index is 1120. The van der Waals surface area contributed by atoms with Crippen molar-refractivity contribution in [2.45, 2.75) is 138 Å². The van der Waals surface area contributed by atoms with E-state index in [4.69, 9.17) is 22.7 Å². The zero-order valence-corrected chi connectivity index (χ0v) is 27.7. The number of hydrogen-bond donors (Lipinski definition) is 1. The predicted molar refractivity (Wildman–Crippen MR) is 169 cm³/mol. The zero-order valence-electron chi connectivity index (χ0n) is 26.8. The second kappa shape index (κ2) is 8.81. The maximum atomic E-state index is 6.51. The summed E-state index contributed by atoms with van der Waals surface area (Å²) in [6.45, 7) is 21.6. The Kier molecular flexibility index (Phi) is 6.24. The molecule has 1 unspecified atom stereocenters. The van der Waals surface area contributed by atoms with Crippen molar-refractivity contribution < 1.29 is 4.74 Å². The van der Waals surface area contributed by atoms with Crippen LogP contribution in [0.5, 0.6) is 0 Å². The molecule has 4 saturated carbocycles. The van der Waals surface area contributed by atoms with E-state index in [1.165, 1.54) is 75.6 Å². The van der Waals surface area contributed by atoms with Gasteiger partial charge >= 0.3 is 0 Å². The van der Waals surface area contributed by atoms with Gasteiger partial charge in [-0.25, -0.2) is 0 Å². The fourth-order valence-electron chi connectivity index (χ4n) is 12.9. The molecule has 2 heterocycles. The van der Waals surface area contributed by atoms with Gasteiger partial charge in [-0.05, 0) is 122 Å². The molecule has 4 heteroatoms. The molecule has 3 nitrogen and oxygen atoms in total. The minimum absolute atomic E-state index is 0.109. The average molecular weight is 567 g/mol. The summed E-state index contributed by atoms with van der Waals surface area (Å²) in [5.74, 6) is 2.40. The number of fused-ring (bicyclic) bond motifs is 6. The molecule has 7 aliphatic rings. The Morgan fingerprint density at radius 3 is 2.25 bits per heavy atom. The van der Waals surface area contributed by atoms with Gasteiger partial charge in [-0.15, -0.1) is 0 Å². The van der Waals surface area contributed by atoms with Crippen molar-refractivity contribution in [3.63, 3.8) is 0 Å². The van der Waals surface area contributed by atoms with Crippen molar-refractivity contribution in [1.82, 2.24) is 4.90 Å². The van der Waals surface area contributed by atoms with E-state index in [-0.39, 0.29) is 11.5 Å². The maximum Gasteiger partial charge on any atom is 0.0883 e. The van der Waals surface area contributed by atoms with Crippen molar-refractivity contribution in [2.24, 2.45) is 56.0 Å². The molecule has 9 atom stereocenters. The first-order chi connectivity index (χ1) is 18.7. The van der Waals surface area contributed by atoms with E-state index in [1.54, 1.807) is 0 Å². The maximum absolute atomic E-state index is 6.51. The lowest BCUT2D eigenvalue weighted by molar-refractivity contribution is -0.194. The number of hydrogen-bond acceptors (Lipinski definition) is 3. The summed E-state index contributed by atoms with van der Waals surface area (Å²) in [6, 6.07) is 0.287. The highest BCUT2D eigenvalue weighted by atomic mass is 32.1. The average Bonchev–Trinajstić information content (AvgIpc) is 3.62. The minimum atomic E-state index is 0.109. The molecule has 7 rings (SSSR count). The van der Waals surface area contributed by atoms with Gasteiger partial charge in [-0.1, -0.05) is 71.8 Å². The van der Waals surface area contributed by atoms with Crippen LogP contribution in [0.15, 0.2) is 11.1 Å². The molecule has 5 aliphatic carbocycles. The molecule has 2 saturated heterocycles. The third-order valence-electron chi connectivity index (χ3n) is 15.4. The Morgan fingerprint density at radius 2 is 1.57 bits per heavy atom. The normalized spacial score (nSPS) is 50.9. The lowest BCUT2D eigenvalue weighted by Gasteiger charge is -2.71. The molecule has 0 bridgehead atoms. The highest BCUT2D eigenvalue weighted by molar-refractivity contribution is 7.80. The van der Waals surface area contributed by atoms with Crippen LogP contribution >= 0.6 is 12.2 Å². The number of nitrogens with two attached hydrogens (primary N) is 1. The molecular formula is C36H58N2OS. The molecule has 0 aromatic heterocycles. The van der Waals surface area contributed by atoms with Crippen LogP contribution in [-0.4, -0.2) is 41.7 Å². The van der Waals surface area contributed by atoms with Crippen LogP contribution in [0.1, 0.15) is 126 Å². The van der Waals surface area contributed by atoms with E-state index in [2.05, 4.69) is 53.4 Å². The number of ether oxygens (including phenoxy) is 1. The number of nitrogens with zero attached hydrogens (tertiary/aromatic N) is 1. The molecule has 0 amide bonds. The SMILES string of the molecule is CC1(C)CC[C@]2(C(=S)N3CC[C@@H](N)C3)CC[C@]3(C)C(=C2C1)CC[C@@H]1[C@@]2(C)CC[C@H](C4CO4)C(C)(C)[C@@H]2CC[C@]13C. The van der Waals surface area contributed by atoms with E-state index < -0.39 is 0 Å². The number of thiocarbonyl (C=S) groups is 1. The Morgan fingerprint density at radius 1 is 0.850 bits per heavy atom. The van der Waals surface area contributed by atoms with Gasteiger partial charge in [0.1, 0.15) is 0 Å². The molecule has 0 radical (unpaired) electrons. The van der Waals surface area contributed by atoms with Crippen LogP contribution in [0.25, 0.3) is 0 Å². The van der Waals surface area contributed by atoms with Gasteiger partial charge in [-0.3, -0.25) is 0 Å². The number of epoxide rings is 1. The van der Waals surface area contributed by atoms with Crippen LogP contribution in [-0.2, 0) is 4.74 Å². The van der Waals surface area contributed by atoms with Crippen LogP contribution in [0.4, 0.5) is 0 Å². The van der Waals surface area contributed by atoms with Gasteiger partial charge in [-0.2, -0.15) is 0 Å². The van der Waals surface area contributed by atoms with Crippen molar-refractivity contribution in [2.75, 3.05) is 19.7 Å². The fraction of sp³-hybridized carbons (Fsp3) is 0.917. The van der Waals surface area contributed by atoms with Crippen LogP contribution in [0.3, 0.4) is 0 Å². The molecule has 0 aromatic rings. The second-order valence-electron chi connectivity index (χ2n) is 18.0. The Hall–Kier alpha value is -0.450. The monoisotopic (exact) mass is 566 g/mol. The summed E-state index contributed by atoms with van der Waals surface area (Å²) in [6.07, 6.45) is 16.3. The summed E-state index contributed by atoms with van der Waals surface area (Å²) in [7, 11) is 0. The van der Waals surface area contributed by atoms with E-state index in [9.17, 15) is 0 Å². The molecular weight excluding hydrogens is 508 g/mol. The highest BCUT2D eigenvalue weighted by Crippen LogP contribution is 2.76. The van der Waals surface area contributed by atoms with Crippen molar-refractivity contribution in [3.05, 3.63) is 11.1 Å². The lowest BCUT2D eigenvalue weighted by Crippen LogP contribution is -2.64. The number of allylic oxidation sites excluding steroid dienone is 1. The summed E-state index contributed by atoms with van der Waals surface area (Å²) in [4.78, 5) is 3.80.